The molecule has 2 atom stereocenters. The summed E-state index contributed by atoms with van der Waals surface area (Å²) < 4.78 is 20.8. The van der Waals surface area contributed by atoms with Gasteiger partial charge in [0.1, 0.15) is 0 Å². The summed E-state index contributed by atoms with van der Waals surface area (Å²) in [7, 11) is -2.29. The van der Waals surface area contributed by atoms with Gasteiger partial charge in [0.2, 0.25) is 0 Å². The molecule has 0 aromatic carbocycles. The van der Waals surface area contributed by atoms with E-state index in [2.05, 4.69) is 61.6 Å². The second kappa shape index (κ2) is 13.0. The Morgan fingerprint density at radius 3 is 1.38 bits per heavy atom. The van der Waals surface area contributed by atoms with Gasteiger partial charge in [-0.1, -0.05) is 75.5 Å². The summed E-state index contributed by atoms with van der Waals surface area (Å²) in [6.07, 6.45) is 0. The molecule has 0 radical (unpaired) electrons. The Morgan fingerprint density at radius 1 is 0.938 bits per heavy atom. The Labute approximate surface area is 124 Å². The monoisotopic (exact) mass is 444 g/mol. The van der Waals surface area contributed by atoms with Crippen LogP contribution in [0.5, 0.6) is 0 Å². The van der Waals surface area contributed by atoms with Gasteiger partial charge in [-0.05, 0) is 0 Å². The Kier molecular flexibility index (Phi) is 16.2. The molecule has 0 N–H and O–H groups in total. The van der Waals surface area contributed by atoms with Gasteiger partial charge < -0.3 is 9.05 Å². The Balaban J connectivity index is 0. The van der Waals surface area contributed by atoms with Crippen LogP contribution in [0.1, 0.15) is 27.7 Å². The summed E-state index contributed by atoms with van der Waals surface area (Å²) in [5.74, 6) is 0. The molecule has 0 aliphatic rings. The highest BCUT2D eigenvalue weighted by Gasteiger charge is 2.04. The number of hydrogen-bond acceptors (Lipinski definition) is 3. The van der Waals surface area contributed by atoms with Crippen LogP contribution in [-0.2, 0) is 13.6 Å². The van der Waals surface area contributed by atoms with Gasteiger partial charge in [0.05, 0.1) is 13.2 Å². The first-order chi connectivity index (χ1) is 7.25. The molecule has 0 saturated carbocycles. The summed E-state index contributed by atoms with van der Waals surface area (Å²) >= 11 is 9.81. The number of halogens is 3. The first kappa shape index (κ1) is 19.9. The number of hydrogen-bond donors (Lipinski definition) is 0. The van der Waals surface area contributed by atoms with Crippen molar-refractivity contribution in [2.75, 3.05) is 13.2 Å². The van der Waals surface area contributed by atoms with E-state index in [0.29, 0.717) is 18.0 Å². The molecule has 0 amide bonds. The highest BCUT2D eigenvalue weighted by Crippen LogP contribution is 2.25. The van der Waals surface area contributed by atoms with Gasteiger partial charge in [-0.15, -0.1) is 0 Å². The van der Waals surface area contributed by atoms with Gasteiger partial charge in [0.25, 0.3) is 0 Å². The molecule has 0 fully saturated rings. The molecular weight excluding hydrogens is 427 g/mol. The largest absolute Gasteiger partial charge is 0.319 e. The third-order valence-corrected chi connectivity index (χ3v) is 2.20. The van der Waals surface area contributed by atoms with Gasteiger partial charge in [-0.3, -0.25) is 4.57 Å². The van der Waals surface area contributed by atoms with Gasteiger partial charge in [0, 0.05) is 14.5 Å². The van der Waals surface area contributed by atoms with E-state index in [1.807, 2.05) is 13.8 Å². The molecule has 3 nitrogen and oxygen atoms in total. The molecule has 0 aliphatic carbocycles. The summed E-state index contributed by atoms with van der Waals surface area (Å²) in [5, 5.41) is 0. The zero-order chi connectivity index (χ0) is 13.1. The second-order valence-electron chi connectivity index (χ2n) is 3.45. The van der Waals surface area contributed by atoms with Crippen molar-refractivity contribution in [3.63, 3.8) is 0 Å². The first-order valence-corrected chi connectivity index (χ1v) is 8.94. The lowest BCUT2D eigenvalue weighted by molar-refractivity contribution is 0.231. The van der Waals surface area contributed by atoms with E-state index in [0.717, 1.165) is 0 Å². The molecule has 0 spiro atoms. The standard InChI is InChI=1S/C6H13Br2O3P.C3H7Br/c1-5(7)3-10-12(9)11-4-6(2)8;1-3(2)4/h5-6,12H,3-4H2,1-2H3;3H,1-2H3. The molecule has 2 unspecified atom stereocenters. The van der Waals surface area contributed by atoms with Crippen molar-refractivity contribution >= 4 is 56.0 Å². The second-order valence-corrected chi connectivity index (χ2v) is 9.48. The summed E-state index contributed by atoms with van der Waals surface area (Å²) in [6.45, 7) is 8.83. The smallest absolute Gasteiger partial charge is 0.309 e. The van der Waals surface area contributed by atoms with Gasteiger partial charge in [-0.2, -0.15) is 0 Å². The zero-order valence-electron chi connectivity index (χ0n) is 10.0. The van der Waals surface area contributed by atoms with Crippen LogP contribution in [0.25, 0.3) is 0 Å². The van der Waals surface area contributed by atoms with Gasteiger partial charge >= 0.3 is 8.25 Å². The highest BCUT2D eigenvalue weighted by molar-refractivity contribution is 9.10. The molecule has 0 saturated heterocycles. The third kappa shape index (κ3) is 24.7. The normalized spacial score (nSPS) is 16.2. The Morgan fingerprint density at radius 2 is 1.19 bits per heavy atom. The minimum Gasteiger partial charge on any atom is -0.309 e. The topological polar surface area (TPSA) is 35.5 Å². The van der Waals surface area contributed by atoms with Crippen LogP contribution in [0.2, 0.25) is 0 Å². The zero-order valence-corrected chi connectivity index (χ0v) is 15.8. The molecule has 0 heterocycles. The molecule has 0 aromatic heterocycles. The first-order valence-electron chi connectivity index (χ1n) is 4.97. The predicted octanol–water partition coefficient (Wildman–Crippen LogP) is 4.77. The molecular formula is C9H20Br3O3P. The minimum atomic E-state index is -2.29. The van der Waals surface area contributed by atoms with Crippen LogP contribution < -0.4 is 0 Å². The maximum absolute atomic E-state index is 11.0. The fraction of sp³-hybridized carbons (Fsp3) is 1.00. The van der Waals surface area contributed by atoms with E-state index in [-0.39, 0.29) is 9.65 Å². The van der Waals surface area contributed by atoms with Crippen LogP contribution in [0.4, 0.5) is 0 Å². The molecule has 0 aromatic rings. The van der Waals surface area contributed by atoms with Crippen LogP contribution in [0, 0.1) is 0 Å². The maximum Gasteiger partial charge on any atom is 0.319 e. The number of rotatable bonds is 6. The molecule has 100 valence electrons. The predicted molar refractivity (Wildman–Crippen MR) is 81.7 cm³/mol. The van der Waals surface area contributed by atoms with Crippen LogP contribution in [0.3, 0.4) is 0 Å². The molecule has 7 heteroatoms. The van der Waals surface area contributed by atoms with E-state index in [9.17, 15) is 4.57 Å². The summed E-state index contributed by atoms with van der Waals surface area (Å²) in [6, 6.07) is 0. The van der Waals surface area contributed by atoms with Crippen molar-refractivity contribution in [3.05, 3.63) is 0 Å². The van der Waals surface area contributed by atoms with E-state index < -0.39 is 8.25 Å². The van der Waals surface area contributed by atoms with Crippen LogP contribution >= 0.6 is 56.0 Å². The Bertz CT molecular complexity index is 161. The molecule has 16 heavy (non-hydrogen) atoms. The minimum absolute atomic E-state index is 0.205. The van der Waals surface area contributed by atoms with Gasteiger partial charge in [0.15, 0.2) is 0 Å². The molecule has 0 aliphatic heterocycles. The maximum atomic E-state index is 11.0. The van der Waals surface area contributed by atoms with Gasteiger partial charge in [-0.25, -0.2) is 0 Å². The van der Waals surface area contributed by atoms with Crippen molar-refractivity contribution < 1.29 is 13.6 Å². The molecule has 0 rings (SSSR count). The van der Waals surface area contributed by atoms with E-state index in [4.69, 9.17) is 9.05 Å². The quantitative estimate of drug-likeness (QED) is 0.435. The van der Waals surface area contributed by atoms with Crippen LogP contribution in [0.15, 0.2) is 0 Å². The SMILES string of the molecule is CC(Br)CO[PH](=O)OCC(C)Br.CC(C)Br. The summed E-state index contributed by atoms with van der Waals surface area (Å²) in [4.78, 5) is 1.06. The van der Waals surface area contributed by atoms with E-state index >= 15 is 0 Å². The van der Waals surface area contributed by atoms with E-state index in [1.54, 1.807) is 0 Å². The van der Waals surface area contributed by atoms with Crippen molar-refractivity contribution in [2.45, 2.75) is 42.2 Å². The summed E-state index contributed by atoms with van der Waals surface area (Å²) in [5.41, 5.74) is 0. The lowest BCUT2D eigenvalue weighted by Gasteiger charge is -2.07. The Hall–Kier alpha value is 1.59. The van der Waals surface area contributed by atoms with Crippen molar-refractivity contribution in [1.82, 2.24) is 0 Å². The van der Waals surface area contributed by atoms with Crippen molar-refractivity contribution in [1.29, 1.82) is 0 Å². The van der Waals surface area contributed by atoms with Crippen molar-refractivity contribution in [2.24, 2.45) is 0 Å². The highest BCUT2D eigenvalue weighted by atomic mass is 79.9. The van der Waals surface area contributed by atoms with Crippen molar-refractivity contribution in [3.8, 4) is 0 Å². The van der Waals surface area contributed by atoms with E-state index in [1.165, 1.54) is 0 Å². The fourth-order valence-electron chi connectivity index (χ4n) is 0.407. The fourth-order valence-corrected chi connectivity index (χ4v) is 2.02. The lowest BCUT2D eigenvalue weighted by atomic mass is 10.5. The van der Waals surface area contributed by atoms with Crippen LogP contribution in [-0.4, -0.2) is 27.7 Å². The number of alkyl halides is 3. The lowest BCUT2D eigenvalue weighted by Crippen LogP contribution is -2.03. The third-order valence-electron chi connectivity index (χ3n) is 0.862. The average molecular weight is 447 g/mol. The molecule has 0 bridgehead atoms. The average Bonchev–Trinajstić information content (AvgIpc) is 2.10.